The van der Waals surface area contributed by atoms with Gasteiger partial charge in [-0.05, 0) is 37.5 Å². The lowest BCUT2D eigenvalue weighted by Crippen LogP contribution is -2.47. The number of hydrogen-bond donors (Lipinski definition) is 0. The second-order valence-corrected chi connectivity index (χ2v) is 9.15. The smallest absolute Gasteiger partial charge is 0.273 e. The van der Waals surface area contributed by atoms with Crippen LogP contribution in [0.25, 0.3) is 16.9 Å². The summed E-state index contributed by atoms with van der Waals surface area (Å²) in [7, 11) is 1.68. The van der Waals surface area contributed by atoms with Gasteiger partial charge < -0.3 is 4.90 Å². The fraction of sp³-hybridized carbons (Fsp3) is 0.320. The van der Waals surface area contributed by atoms with E-state index in [1.165, 1.54) is 6.20 Å². The second kappa shape index (κ2) is 8.71. The van der Waals surface area contributed by atoms with Crippen molar-refractivity contribution >= 4 is 23.2 Å². The van der Waals surface area contributed by atoms with Crippen LogP contribution in [0.1, 0.15) is 54.5 Å². The van der Waals surface area contributed by atoms with Crippen molar-refractivity contribution in [3.63, 3.8) is 0 Å². The summed E-state index contributed by atoms with van der Waals surface area (Å²) in [6.45, 7) is 3.96. The molecule has 182 valence electrons. The fourth-order valence-electron chi connectivity index (χ4n) is 5.12. The van der Waals surface area contributed by atoms with Crippen molar-refractivity contribution in [2.75, 3.05) is 0 Å². The molecule has 0 N–H and O–H groups in total. The van der Waals surface area contributed by atoms with Crippen molar-refractivity contribution in [3.05, 3.63) is 76.1 Å². The number of carbonyl (C=O) groups is 1. The summed E-state index contributed by atoms with van der Waals surface area (Å²) in [5.41, 5.74) is 3.19. The Morgan fingerprint density at radius 3 is 2.51 bits per heavy atom. The summed E-state index contributed by atoms with van der Waals surface area (Å²) in [4.78, 5) is 20.0. The first-order chi connectivity index (χ1) is 16.7. The van der Waals surface area contributed by atoms with Gasteiger partial charge in [-0.1, -0.05) is 25.4 Å². The Morgan fingerprint density at radius 1 is 1.14 bits per heavy atom. The normalized spacial score (nSPS) is 17.7. The van der Waals surface area contributed by atoms with Crippen molar-refractivity contribution in [3.8, 4) is 11.3 Å². The van der Waals surface area contributed by atoms with Crippen LogP contribution < -0.4 is 0 Å². The quantitative estimate of drug-likeness (QED) is 0.335. The molecule has 0 spiro atoms. The number of benzene rings is 1. The predicted molar refractivity (Wildman–Crippen MR) is 126 cm³/mol. The molecular weight excluding hydrogens is 479 g/mol. The molecule has 1 aliphatic heterocycles. The lowest BCUT2D eigenvalue weighted by Gasteiger charge is -2.41. The predicted octanol–water partition coefficient (Wildman–Crippen LogP) is 5.73. The minimum absolute atomic E-state index is 0.184. The van der Waals surface area contributed by atoms with Gasteiger partial charge in [-0.25, -0.2) is 18.2 Å². The first-order valence-corrected chi connectivity index (χ1v) is 11.8. The van der Waals surface area contributed by atoms with Crippen molar-refractivity contribution in [2.24, 2.45) is 7.05 Å². The molecule has 1 aliphatic rings. The molecule has 2 unspecified atom stereocenters. The Labute approximate surface area is 204 Å². The maximum Gasteiger partial charge on any atom is 0.273 e. The highest BCUT2D eigenvalue weighted by Gasteiger charge is 2.41. The Balaban J connectivity index is 1.62. The van der Waals surface area contributed by atoms with E-state index in [0.29, 0.717) is 47.0 Å². The van der Waals surface area contributed by atoms with E-state index in [1.807, 2.05) is 18.7 Å². The molecule has 1 amide bonds. The number of pyridine rings is 1. The number of imidazole rings is 1. The second-order valence-electron chi connectivity index (χ2n) is 8.71. The van der Waals surface area contributed by atoms with Gasteiger partial charge in [0.25, 0.3) is 5.91 Å². The third-order valence-electron chi connectivity index (χ3n) is 6.71. The van der Waals surface area contributed by atoms with Crippen LogP contribution in [0.4, 0.5) is 13.2 Å². The molecule has 0 saturated heterocycles. The largest absolute Gasteiger partial charge is 0.325 e. The van der Waals surface area contributed by atoms with E-state index in [4.69, 9.17) is 11.6 Å². The molecule has 2 atom stereocenters. The zero-order valence-electron chi connectivity index (χ0n) is 19.4. The SMILES string of the molecule is CCC1Cc2c(nn(C)c2-c2cc(F)c(F)c(F)c2)C(CC)N1C(=O)c1cnc2cc(Cl)ccn12. The Morgan fingerprint density at radius 2 is 1.86 bits per heavy atom. The molecule has 0 radical (unpaired) electrons. The molecule has 10 heteroatoms. The molecule has 35 heavy (non-hydrogen) atoms. The minimum atomic E-state index is -1.51. The number of rotatable bonds is 4. The monoisotopic (exact) mass is 501 g/mol. The number of aromatic nitrogens is 4. The van der Waals surface area contributed by atoms with E-state index in [9.17, 15) is 18.0 Å². The lowest BCUT2D eigenvalue weighted by molar-refractivity contribution is 0.0505. The van der Waals surface area contributed by atoms with Crippen molar-refractivity contribution < 1.29 is 18.0 Å². The Bertz CT molecular complexity index is 1440. The number of halogens is 4. The fourth-order valence-corrected chi connectivity index (χ4v) is 5.27. The highest BCUT2D eigenvalue weighted by molar-refractivity contribution is 6.30. The summed E-state index contributed by atoms with van der Waals surface area (Å²) >= 11 is 6.07. The zero-order chi connectivity index (χ0) is 25.0. The number of carbonyl (C=O) groups excluding carboxylic acids is 1. The van der Waals surface area contributed by atoms with E-state index in [0.717, 1.165) is 17.7 Å². The van der Waals surface area contributed by atoms with E-state index in [1.54, 1.807) is 34.5 Å². The molecule has 4 heterocycles. The van der Waals surface area contributed by atoms with Crippen LogP contribution in [-0.2, 0) is 13.5 Å². The Kier molecular flexibility index (Phi) is 5.83. The number of nitrogens with zero attached hydrogens (tertiary/aromatic N) is 5. The maximum atomic E-state index is 14.0. The van der Waals surface area contributed by atoms with Crippen LogP contribution in [0.3, 0.4) is 0 Å². The number of fused-ring (bicyclic) bond motifs is 2. The van der Waals surface area contributed by atoms with Crippen molar-refractivity contribution in [2.45, 2.75) is 45.2 Å². The Hall–Kier alpha value is -3.33. The average Bonchev–Trinajstić information content (AvgIpc) is 3.40. The molecule has 5 rings (SSSR count). The van der Waals surface area contributed by atoms with Crippen molar-refractivity contribution in [1.29, 1.82) is 0 Å². The first-order valence-electron chi connectivity index (χ1n) is 11.4. The number of aryl methyl sites for hydroxylation is 1. The van der Waals surface area contributed by atoms with Crippen LogP contribution in [-0.4, -0.2) is 36.0 Å². The molecule has 0 saturated carbocycles. The van der Waals surface area contributed by atoms with Crippen LogP contribution >= 0.6 is 11.6 Å². The van der Waals surface area contributed by atoms with Gasteiger partial charge >= 0.3 is 0 Å². The summed E-state index contributed by atoms with van der Waals surface area (Å²) in [6, 6.07) is 4.81. The summed E-state index contributed by atoms with van der Waals surface area (Å²) in [5.74, 6) is -4.20. The van der Waals surface area contributed by atoms with E-state index in [-0.39, 0.29) is 23.6 Å². The van der Waals surface area contributed by atoms with Gasteiger partial charge in [-0.3, -0.25) is 13.9 Å². The van der Waals surface area contributed by atoms with Gasteiger partial charge in [0, 0.05) is 41.5 Å². The molecule has 6 nitrogen and oxygen atoms in total. The van der Waals surface area contributed by atoms with Gasteiger partial charge in [-0.2, -0.15) is 5.10 Å². The summed E-state index contributed by atoms with van der Waals surface area (Å²) in [5, 5.41) is 5.19. The van der Waals surface area contributed by atoms with E-state index < -0.39 is 17.5 Å². The van der Waals surface area contributed by atoms with Gasteiger partial charge in [0.1, 0.15) is 11.3 Å². The minimum Gasteiger partial charge on any atom is -0.325 e. The van der Waals surface area contributed by atoms with Crippen LogP contribution in [0.5, 0.6) is 0 Å². The zero-order valence-corrected chi connectivity index (χ0v) is 20.2. The standard InChI is InChI=1S/C25H23ClF3N5O/c1-4-15-11-16-23(31-32(3)24(16)13-8-17(27)22(29)18(28)9-13)19(5-2)34(15)25(35)20-12-30-21-10-14(26)6-7-33(20)21/h6-10,12,15,19H,4-5,11H2,1-3H3. The maximum absolute atomic E-state index is 14.0. The molecule has 4 aromatic rings. The average molecular weight is 502 g/mol. The molecule has 3 aromatic heterocycles. The van der Waals surface area contributed by atoms with Gasteiger partial charge in [0.05, 0.1) is 23.6 Å². The molecular formula is C25H23ClF3N5O. The third-order valence-corrected chi connectivity index (χ3v) is 6.94. The number of hydrogen-bond acceptors (Lipinski definition) is 3. The van der Waals surface area contributed by atoms with Crippen LogP contribution in [0.2, 0.25) is 5.02 Å². The van der Waals surface area contributed by atoms with Gasteiger partial charge in [0.2, 0.25) is 0 Å². The molecule has 1 aromatic carbocycles. The van der Waals surface area contributed by atoms with Crippen molar-refractivity contribution in [1.82, 2.24) is 24.1 Å². The van der Waals surface area contributed by atoms with E-state index in [2.05, 4.69) is 10.1 Å². The third kappa shape index (κ3) is 3.69. The van der Waals surface area contributed by atoms with Gasteiger partial charge in [-0.15, -0.1) is 0 Å². The van der Waals surface area contributed by atoms with Crippen LogP contribution in [0.15, 0.2) is 36.7 Å². The highest BCUT2D eigenvalue weighted by Crippen LogP contribution is 2.41. The molecule has 0 aliphatic carbocycles. The lowest BCUT2D eigenvalue weighted by atomic mass is 9.87. The summed E-state index contributed by atoms with van der Waals surface area (Å²) in [6.07, 6.45) is 4.94. The van der Waals surface area contributed by atoms with Crippen LogP contribution in [0, 0.1) is 17.5 Å². The molecule has 0 bridgehead atoms. The highest BCUT2D eigenvalue weighted by atomic mass is 35.5. The topological polar surface area (TPSA) is 55.4 Å². The first kappa shape index (κ1) is 23.4. The number of amides is 1. The summed E-state index contributed by atoms with van der Waals surface area (Å²) < 4.78 is 44.9. The molecule has 0 fully saturated rings. The van der Waals surface area contributed by atoms with Gasteiger partial charge in [0.15, 0.2) is 17.5 Å². The van der Waals surface area contributed by atoms with E-state index >= 15 is 0 Å².